The summed E-state index contributed by atoms with van der Waals surface area (Å²) in [6.45, 7) is 0.903. The van der Waals surface area contributed by atoms with Gasteiger partial charge in [-0.1, -0.05) is 0 Å². The maximum absolute atomic E-state index is 12.6. The summed E-state index contributed by atoms with van der Waals surface area (Å²) >= 11 is 0. The molecule has 1 aromatic heterocycles. The standard InChI is InChI=1S/C10H13FN2O3S/c11-10-2-1-8(7-12-10)13-17(14,15)9-3-5-16-6-4-9/h1-2,7,9,13H,3-6H2. The number of aromatic nitrogens is 1. The Hall–Kier alpha value is -1.21. The number of hydrogen-bond donors (Lipinski definition) is 1. The Morgan fingerprint density at radius 2 is 2.06 bits per heavy atom. The van der Waals surface area contributed by atoms with Crippen LogP contribution in [-0.2, 0) is 14.8 Å². The number of ether oxygens (including phenoxy) is 1. The summed E-state index contributed by atoms with van der Waals surface area (Å²) in [4.78, 5) is 3.39. The number of sulfonamides is 1. The van der Waals surface area contributed by atoms with E-state index in [0.717, 1.165) is 12.3 Å². The zero-order chi connectivity index (χ0) is 12.3. The summed E-state index contributed by atoms with van der Waals surface area (Å²) in [5.74, 6) is -0.640. The summed E-state index contributed by atoms with van der Waals surface area (Å²) < 4.78 is 44.0. The second kappa shape index (κ2) is 4.97. The Balaban J connectivity index is 2.08. The van der Waals surface area contributed by atoms with Crippen molar-refractivity contribution < 1.29 is 17.5 Å². The molecule has 0 amide bonds. The molecule has 1 saturated heterocycles. The Morgan fingerprint density at radius 1 is 1.35 bits per heavy atom. The van der Waals surface area contributed by atoms with Crippen LogP contribution in [-0.4, -0.2) is 31.9 Å². The Kier molecular flexibility index (Phi) is 3.58. The first-order chi connectivity index (χ1) is 8.08. The van der Waals surface area contributed by atoms with Gasteiger partial charge in [-0.3, -0.25) is 4.72 Å². The molecule has 0 aromatic carbocycles. The van der Waals surface area contributed by atoms with Crippen molar-refractivity contribution in [3.63, 3.8) is 0 Å². The van der Waals surface area contributed by atoms with E-state index in [1.165, 1.54) is 6.07 Å². The van der Waals surface area contributed by atoms with E-state index in [4.69, 9.17) is 4.74 Å². The normalized spacial score (nSPS) is 17.9. The van der Waals surface area contributed by atoms with Crippen LogP contribution >= 0.6 is 0 Å². The molecule has 1 N–H and O–H groups in total. The van der Waals surface area contributed by atoms with E-state index in [2.05, 4.69) is 9.71 Å². The van der Waals surface area contributed by atoms with Crippen molar-refractivity contribution >= 4 is 15.7 Å². The van der Waals surface area contributed by atoms with Crippen molar-refractivity contribution in [1.29, 1.82) is 0 Å². The van der Waals surface area contributed by atoms with Crippen LogP contribution in [0.3, 0.4) is 0 Å². The van der Waals surface area contributed by atoms with Crippen LogP contribution in [0.1, 0.15) is 12.8 Å². The van der Waals surface area contributed by atoms with Crippen molar-refractivity contribution in [2.45, 2.75) is 18.1 Å². The van der Waals surface area contributed by atoms with Crippen LogP contribution in [0, 0.1) is 5.95 Å². The largest absolute Gasteiger partial charge is 0.381 e. The van der Waals surface area contributed by atoms with Gasteiger partial charge in [0.2, 0.25) is 16.0 Å². The Labute approximate surface area is 99.1 Å². The molecule has 94 valence electrons. The lowest BCUT2D eigenvalue weighted by atomic mass is 10.2. The Bertz CT molecular complexity index is 469. The van der Waals surface area contributed by atoms with Crippen molar-refractivity contribution in [3.8, 4) is 0 Å². The smallest absolute Gasteiger partial charge is 0.235 e. The lowest BCUT2D eigenvalue weighted by Crippen LogP contribution is -2.33. The molecule has 0 radical (unpaired) electrons. The predicted octanol–water partition coefficient (Wildman–Crippen LogP) is 1.14. The van der Waals surface area contributed by atoms with Crippen LogP contribution < -0.4 is 4.72 Å². The minimum atomic E-state index is -3.44. The molecule has 1 aliphatic rings. The molecular formula is C10H13FN2O3S. The molecular weight excluding hydrogens is 247 g/mol. The zero-order valence-corrected chi connectivity index (χ0v) is 9.91. The third kappa shape index (κ3) is 3.13. The summed E-state index contributed by atoms with van der Waals surface area (Å²) in [7, 11) is -3.44. The van der Waals surface area contributed by atoms with Crippen molar-refractivity contribution in [2.75, 3.05) is 17.9 Å². The van der Waals surface area contributed by atoms with Gasteiger partial charge in [-0.2, -0.15) is 4.39 Å². The van der Waals surface area contributed by atoms with Gasteiger partial charge in [0.15, 0.2) is 0 Å². The van der Waals surface area contributed by atoms with Gasteiger partial charge in [0.25, 0.3) is 0 Å². The van der Waals surface area contributed by atoms with Gasteiger partial charge in [0.1, 0.15) is 0 Å². The molecule has 7 heteroatoms. The highest BCUT2D eigenvalue weighted by molar-refractivity contribution is 7.93. The predicted molar refractivity (Wildman–Crippen MR) is 60.6 cm³/mol. The van der Waals surface area contributed by atoms with E-state index in [1.807, 2.05) is 0 Å². The van der Waals surface area contributed by atoms with Gasteiger partial charge < -0.3 is 4.74 Å². The fourth-order valence-electron chi connectivity index (χ4n) is 1.67. The van der Waals surface area contributed by atoms with E-state index >= 15 is 0 Å². The molecule has 0 atom stereocenters. The van der Waals surface area contributed by atoms with E-state index < -0.39 is 21.2 Å². The third-order valence-corrected chi connectivity index (χ3v) is 4.46. The lowest BCUT2D eigenvalue weighted by molar-refractivity contribution is 0.0984. The van der Waals surface area contributed by atoms with Crippen LogP contribution in [0.15, 0.2) is 18.3 Å². The molecule has 1 aliphatic heterocycles. The highest BCUT2D eigenvalue weighted by Crippen LogP contribution is 2.18. The number of anilines is 1. The van der Waals surface area contributed by atoms with Gasteiger partial charge in [-0.15, -0.1) is 0 Å². The van der Waals surface area contributed by atoms with E-state index in [0.29, 0.717) is 26.1 Å². The van der Waals surface area contributed by atoms with Crippen LogP contribution in [0.25, 0.3) is 0 Å². The van der Waals surface area contributed by atoms with Crippen LogP contribution in [0.2, 0.25) is 0 Å². The topological polar surface area (TPSA) is 68.3 Å². The monoisotopic (exact) mass is 260 g/mol. The molecule has 5 nitrogen and oxygen atoms in total. The summed E-state index contributed by atoms with van der Waals surface area (Å²) in [6.07, 6.45) is 2.11. The molecule has 1 fully saturated rings. The van der Waals surface area contributed by atoms with Gasteiger partial charge in [0, 0.05) is 13.2 Å². The summed E-state index contributed by atoms with van der Waals surface area (Å²) in [6, 6.07) is 2.46. The maximum atomic E-state index is 12.6. The Morgan fingerprint density at radius 3 is 2.65 bits per heavy atom. The highest BCUT2D eigenvalue weighted by Gasteiger charge is 2.27. The molecule has 0 spiro atoms. The molecule has 0 aliphatic carbocycles. The average molecular weight is 260 g/mol. The summed E-state index contributed by atoms with van der Waals surface area (Å²) in [5.41, 5.74) is 0.276. The average Bonchev–Trinajstić information content (AvgIpc) is 2.33. The number of nitrogens with one attached hydrogen (secondary N) is 1. The maximum Gasteiger partial charge on any atom is 0.235 e. The summed E-state index contributed by atoms with van der Waals surface area (Å²) in [5, 5.41) is -0.457. The highest BCUT2D eigenvalue weighted by atomic mass is 32.2. The molecule has 2 heterocycles. The molecule has 1 aromatic rings. The van der Waals surface area contributed by atoms with Gasteiger partial charge in [0.05, 0.1) is 17.1 Å². The number of pyridine rings is 1. The van der Waals surface area contributed by atoms with E-state index in [-0.39, 0.29) is 5.69 Å². The first kappa shape index (κ1) is 12.3. The number of nitrogens with zero attached hydrogens (tertiary/aromatic N) is 1. The SMILES string of the molecule is O=S(=O)(Nc1ccc(F)nc1)C1CCOCC1. The quantitative estimate of drug-likeness (QED) is 0.827. The lowest BCUT2D eigenvalue weighted by Gasteiger charge is -2.22. The number of rotatable bonds is 3. The first-order valence-electron chi connectivity index (χ1n) is 5.29. The molecule has 0 bridgehead atoms. The van der Waals surface area contributed by atoms with Gasteiger partial charge in [-0.05, 0) is 25.0 Å². The van der Waals surface area contributed by atoms with E-state index in [1.54, 1.807) is 0 Å². The fraction of sp³-hybridized carbons (Fsp3) is 0.500. The van der Waals surface area contributed by atoms with Crippen LogP contribution in [0.4, 0.5) is 10.1 Å². The third-order valence-electron chi connectivity index (χ3n) is 2.59. The zero-order valence-electron chi connectivity index (χ0n) is 9.10. The molecule has 17 heavy (non-hydrogen) atoms. The minimum Gasteiger partial charge on any atom is -0.381 e. The molecule has 0 unspecified atom stereocenters. The van der Waals surface area contributed by atoms with Crippen molar-refractivity contribution in [1.82, 2.24) is 4.98 Å². The van der Waals surface area contributed by atoms with Crippen molar-refractivity contribution in [2.24, 2.45) is 0 Å². The molecule has 0 saturated carbocycles. The minimum absolute atomic E-state index is 0.276. The molecule has 2 rings (SSSR count). The van der Waals surface area contributed by atoms with E-state index in [9.17, 15) is 12.8 Å². The van der Waals surface area contributed by atoms with Gasteiger partial charge >= 0.3 is 0 Å². The fourth-order valence-corrected chi connectivity index (χ4v) is 3.10. The second-order valence-electron chi connectivity index (χ2n) is 3.83. The van der Waals surface area contributed by atoms with Crippen LogP contribution in [0.5, 0.6) is 0 Å². The number of hydrogen-bond acceptors (Lipinski definition) is 4. The second-order valence-corrected chi connectivity index (χ2v) is 5.79. The van der Waals surface area contributed by atoms with Gasteiger partial charge in [-0.25, -0.2) is 13.4 Å². The first-order valence-corrected chi connectivity index (χ1v) is 6.83. The van der Waals surface area contributed by atoms with Crippen molar-refractivity contribution in [3.05, 3.63) is 24.3 Å². The number of halogens is 1.